The van der Waals surface area contributed by atoms with Crippen molar-refractivity contribution in [3.05, 3.63) is 46.5 Å². The average molecular weight is 372 g/mol. The second-order valence-corrected chi connectivity index (χ2v) is 7.27. The minimum Gasteiger partial charge on any atom is -0.493 e. The summed E-state index contributed by atoms with van der Waals surface area (Å²) in [6.45, 7) is 2.71. The lowest BCUT2D eigenvalue weighted by molar-refractivity contribution is 0.0946. The highest BCUT2D eigenvalue weighted by atomic mass is 32.1. The molecule has 0 saturated carbocycles. The van der Waals surface area contributed by atoms with E-state index in [0.29, 0.717) is 23.7 Å². The van der Waals surface area contributed by atoms with E-state index in [1.165, 1.54) is 4.88 Å². The predicted molar refractivity (Wildman–Crippen MR) is 106 cm³/mol. The predicted octanol–water partition coefficient (Wildman–Crippen LogP) is 3.79. The summed E-state index contributed by atoms with van der Waals surface area (Å²) in [6, 6.07) is 9.95. The molecule has 0 fully saturated rings. The van der Waals surface area contributed by atoms with Gasteiger partial charge in [0.15, 0.2) is 11.5 Å². The Morgan fingerprint density at radius 2 is 1.92 bits per heavy atom. The molecule has 5 nitrogen and oxygen atoms in total. The minimum atomic E-state index is -0.0468. The minimum absolute atomic E-state index is 0.0468. The Morgan fingerprint density at radius 1 is 1.15 bits per heavy atom. The van der Waals surface area contributed by atoms with Gasteiger partial charge < -0.3 is 19.4 Å². The fraction of sp³-hybridized carbons (Fsp3) is 0.350. The molecule has 6 heteroatoms. The zero-order chi connectivity index (χ0) is 18.7. The van der Waals surface area contributed by atoms with E-state index in [9.17, 15) is 4.79 Å². The fourth-order valence-corrected chi connectivity index (χ4v) is 4.07. The number of aryl methyl sites for hydroxylation is 2. The molecule has 1 amide bonds. The Morgan fingerprint density at radius 3 is 2.58 bits per heavy atom. The Labute approximate surface area is 157 Å². The van der Waals surface area contributed by atoms with E-state index in [-0.39, 0.29) is 5.91 Å². The van der Waals surface area contributed by atoms with E-state index in [1.54, 1.807) is 25.6 Å². The van der Waals surface area contributed by atoms with Crippen LogP contribution in [0, 0.1) is 0 Å². The lowest BCUT2D eigenvalue weighted by atomic mass is 10.1. The van der Waals surface area contributed by atoms with Crippen molar-refractivity contribution >= 4 is 27.5 Å². The summed E-state index contributed by atoms with van der Waals surface area (Å²) >= 11 is 1.75. The van der Waals surface area contributed by atoms with Gasteiger partial charge in [-0.05, 0) is 42.7 Å². The van der Waals surface area contributed by atoms with Crippen LogP contribution in [-0.4, -0.2) is 31.2 Å². The van der Waals surface area contributed by atoms with Gasteiger partial charge in [0.05, 0.1) is 24.4 Å². The largest absolute Gasteiger partial charge is 0.493 e. The molecular formula is C20H24N2O3S. The molecule has 0 bridgehead atoms. The van der Waals surface area contributed by atoms with Crippen molar-refractivity contribution in [3.8, 4) is 11.5 Å². The van der Waals surface area contributed by atoms with Crippen LogP contribution < -0.4 is 14.8 Å². The number of hydrogen-bond acceptors (Lipinski definition) is 4. The number of nitrogens with one attached hydrogen (secondary N) is 1. The van der Waals surface area contributed by atoms with Gasteiger partial charge in [-0.25, -0.2) is 0 Å². The lowest BCUT2D eigenvalue weighted by Crippen LogP contribution is -2.27. The zero-order valence-corrected chi connectivity index (χ0v) is 16.4. The highest BCUT2D eigenvalue weighted by Gasteiger charge is 2.15. The first-order valence-corrected chi connectivity index (χ1v) is 9.46. The Hall–Kier alpha value is -2.47. The number of amides is 1. The molecule has 0 unspecified atom stereocenters. The molecule has 138 valence electrons. The van der Waals surface area contributed by atoms with Crippen molar-refractivity contribution in [2.24, 2.45) is 7.05 Å². The van der Waals surface area contributed by atoms with Crippen LogP contribution in [0.5, 0.6) is 11.5 Å². The molecule has 0 spiro atoms. The Balaban J connectivity index is 1.64. The van der Waals surface area contributed by atoms with Gasteiger partial charge in [-0.3, -0.25) is 4.79 Å². The number of hydrogen-bond donors (Lipinski definition) is 1. The smallest absolute Gasteiger partial charge is 0.267 e. The summed E-state index contributed by atoms with van der Waals surface area (Å²) in [7, 11) is 5.18. The van der Waals surface area contributed by atoms with Crippen LogP contribution in [0.4, 0.5) is 0 Å². The molecule has 0 aliphatic rings. The van der Waals surface area contributed by atoms with Crippen molar-refractivity contribution in [2.75, 3.05) is 20.8 Å². The molecule has 0 atom stereocenters. The summed E-state index contributed by atoms with van der Waals surface area (Å²) in [5.74, 6) is 1.36. The molecular weight excluding hydrogens is 348 g/mol. The first-order chi connectivity index (χ1) is 12.6. The molecule has 0 aliphatic carbocycles. The topological polar surface area (TPSA) is 52.5 Å². The Bertz CT molecular complexity index is 927. The molecule has 1 N–H and O–H groups in total. The fourth-order valence-electron chi connectivity index (χ4n) is 3.00. The molecule has 26 heavy (non-hydrogen) atoms. The van der Waals surface area contributed by atoms with Crippen LogP contribution in [0.3, 0.4) is 0 Å². The summed E-state index contributed by atoms with van der Waals surface area (Å²) in [4.78, 5) is 13.9. The normalized spacial score (nSPS) is 10.9. The standard InChI is InChI=1S/C20H24N2O3S/c1-5-14-11-15-19(26-14)12-16(22(15)2)20(23)21-9-8-13-6-7-17(24-3)18(10-13)25-4/h6-7,10-12H,5,8-9H2,1-4H3,(H,21,23). The number of ether oxygens (including phenoxy) is 2. The third-order valence-corrected chi connectivity index (χ3v) is 5.73. The second kappa shape index (κ2) is 7.83. The number of aromatic nitrogens is 1. The second-order valence-electron chi connectivity index (χ2n) is 6.10. The average Bonchev–Trinajstić information content (AvgIpc) is 3.20. The first-order valence-electron chi connectivity index (χ1n) is 8.64. The number of methoxy groups -OCH3 is 2. The van der Waals surface area contributed by atoms with Gasteiger partial charge in [-0.1, -0.05) is 13.0 Å². The molecule has 3 rings (SSSR count). The van der Waals surface area contributed by atoms with Crippen LogP contribution in [0.15, 0.2) is 30.3 Å². The quantitative estimate of drug-likeness (QED) is 0.686. The van der Waals surface area contributed by atoms with Crippen molar-refractivity contribution < 1.29 is 14.3 Å². The van der Waals surface area contributed by atoms with E-state index in [0.717, 1.165) is 28.6 Å². The molecule has 3 aromatic rings. The van der Waals surface area contributed by atoms with Crippen LogP contribution in [-0.2, 0) is 19.9 Å². The molecule has 0 saturated heterocycles. The lowest BCUT2D eigenvalue weighted by Gasteiger charge is -2.10. The van der Waals surface area contributed by atoms with Crippen LogP contribution in [0.25, 0.3) is 10.2 Å². The van der Waals surface area contributed by atoms with Gasteiger partial charge in [0.1, 0.15) is 5.69 Å². The molecule has 0 radical (unpaired) electrons. The summed E-state index contributed by atoms with van der Waals surface area (Å²) in [5, 5.41) is 3.01. The third-order valence-electron chi connectivity index (χ3n) is 4.51. The SMILES string of the molecule is CCc1cc2c(cc(C(=O)NCCc3ccc(OC)c(OC)c3)n2C)s1. The van der Waals surface area contributed by atoms with Crippen molar-refractivity contribution in [3.63, 3.8) is 0 Å². The third kappa shape index (κ3) is 3.55. The summed E-state index contributed by atoms with van der Waals surface area (Å²) < 4.78 is 13.7. The van der Waals surface area contributed by atoms with Gasteiger partial charge >= 0.3 is 0 Å². The molecule has 2 heterocycles. The van der Waals surface area contributed by atoms with Crippen molar-refractivity contribution in [1.29, 1.82) is 0 Å². The monoisotopic (exact) mass is 372 g/mol. The highest BCUT2D eigenvalue weighted by molar-refractivity contribution is 7.19. The number of benzene rings is 1. The highest BCUT2D eigenvalue weighted by Crippen LogP contribution is 2.29. The number of carbonyl (C=O) groups excluding carboxylic acids is 1. The van der Waals surface area contributed by atoms with Crippen LogP contribution >= 0.6 is 11.3 Å². The summed E-state index contributed by atoms with van der Waals surface area (Å²) in [6.07, 6.45) is 1.75. The number of nitrogens with zero attached hydrogens (tertiary/aromatic N) is 1. The maximum Gasteiger partial charge on any atom is 0.267 e. The van der Waals surface area contributed by atoms with E-state index in [1.807, 2.05) is 35.9 Å². The van der Waals surface area contributed by atoms with Crippen molar-refractivity contribution in [1.82, 2.24) is 9.88 Å². The van der Waals surface area contributed by atoms with E-state index in [4.69, 9.17) is 9.47 Å². The van der Waals surface area contributed by atoms with E-state index >= 15 is 0 Å². The number of thiophene rings is 1. The maximum absolute atomic E-state index is 12.5. The van der Waals surface area contributed by atoms with Crippen molar-refractivity contribution in [2.45, 2.75) is 19.8 Å². The van der Waals surface area contributed by atoms with Gasteiger partial charge in [-0.2, -0.15) is 0 Å². The summed E-state index contributed by atoms with van der Waals surface area (Å²) in [5.41, 5.74) is 2.90. The van der Waals surface area contributed by atoms with Crippen LogP contribution in [0.2, 0.25) is 0 Å². The zero-order valence-electron chi connectivity index (χ0n) is 15.6. The Kier molecular flexibility index (Phi) is 5.52. The van der Waals surface area contributed by atoms with Gasteiger partial charge in [-0.15, -0.1) is 11.3 Å². The van der Waals surface area contributed by atoms with Crippen LogP contribution in [0.1, 0.15) is 27.9 Å². The molecule has 2 aromatic heterocycles. The van der Waals surface area contributed by atoms with E-state index < -0.39 is 0 Å². The first kappa shape index (κ1) is 18.3. The maximum atomic E-state index is 12.5. The van der Waals surface area contributed by atoms with Gasteiger partial charge in [0.2, 0.25) is 0 Å². The number of fused-ring (bicyclic) bond motifs is 1. The van der Waals surface area contributed by atoms with Gasteiger partial charge in [0, 0.05) is 18.5 Å². The molecule has 1 aromatic carbocycles. The van der Waals surface area contributed by atoms with Gasteiger partial charge in [0.25, 0.3) is 5.91 Å². The van der Waals surface area contributed by atoms with E-state index in [2.05, 4.69) is 18.3 Å². The number of rotatable bonds is 7. The number of carbonyl (C=O) groups is 1. The molecule has 0 aliphatic heterocycles.